The van der Waals surface area contributed by atoms with Crippen LogP contribution in [0.15, 0.2) is 34.8 Å². The number of benzene rings is 1. The zero-order valence-electron chi connectivity index (χ0n) is 24.8. The van der Waals surface area contributed by atoms with Crippen LogP contribution in [0.25, 0.3) is 6.08 Å². The minimum absolute atomic E-state index is 0.0316. The third-order valence-electron chi connectivity index (χ3n) is 9.45. The summed E-state index contributed by atoms with van der Waals surface area (Å²) in [4.78, 5) is 40.6. The Morgan fingerprint density at radius 2 is 1.75 bits per heavy atom. The number of phenols is 1. The van der Waals surface area contributed by atoms with E-state index in [0.717, 1.165) is 25.3 Å². The molecule has 7 nitrogen and oxygen atoms in total. The van der Waals surface area contributed by atoms with Crippen LogP contribution in [0.5, 0.6) is 5.75 Å². The Labute approximate surface area is 236 Å². The highest BCUT2D eigenvalue weighted by molar-refractivity contribution is 6.25. The molecule has 0 aromatic heterocycles. The van der Waals surface area contributed by atoms with Gasteiger partial charge in [0, 0.05) is 27.9 Å². The van der Waals surface area contributed by atoms with Crippen molar-refractivity contribution in [1.82, 2.24) is 0 Å². The quantitative estimate of drug-likeness (QED) is 0.306. The first-order valence-corrected chi connectivity index (χ1v) is 14.2. The van der Waals surface area contributed by atoms with Gasteiger partial charge in [-0.2, -0.15) is 0 Å². The smallest absolute Gasteiger partial charge is 0.209 e. The maximum absolute atomic E-state index is 14.3. The first kappa shape index (κ1) is 29.8. The highest BCUT2D eigenvalue weighted by Gasteiger charge is 2.71. The number of hydrogen-bond acceptors (Lipinski definition) is 7. The van der Waals surface area contributed by atoms with Gasteiger partial charge in [-0.05, 0) is 55.2 Å². The van der Waals surface area contributed by atoms with Crippen molar-refractivity contribution < 1.29 is 34.8 Å². The van der Waals surface area contributed by atoms with E-state index >= 15 is 0 Å². The summed E-state index contributed by atoms with van der Waals surface area (Å²) in [5, 5.41) is 46.6. The van der Waals surface area contributed by atoms with Crippen molar-refractivity contribution >= 4 is 23.4 Å². The predicted octanol–water partition coefficient (Wildman–Crippen LogP) is 6.28. The van der Waals surface area contributed by atoms with E-state index in [4.69, 9.17) is 0 Å². The normalized spacial score (nSPS) is 30.3. The van der Waals surface area contributed by atoms with E-state index in [2.05, 4.69) is 0 Å². The molecular formula is C33H42O7. The number of phenolic OH excluding ortho intramolecular Hbond substituents is 1. The number of rotatable bonds is 6. The van der Waals surface area contributed by atoms with Crippen LogP contribution >= 0.6 is 0 Å². The summed E-state index contributed by atoms with van der Waals surface area (Å²) in [5.74, 6) is -4.96. The number of ketones is 3. The first-order chi connectivity index (χ1) is 18.5. The fourth-order valence-corrected chi connectivity index (χ4v) is 7.87. The van der Waals surface area contributed by atoms with Gasteiger partial charge in [0.15, 0.2) is 17.2 Å². The van der Waals surface area contributed by atoms with Gasteiger partial charge in [-0.15, -0.1) is 0 Å². The van der Waals surface area contributed by atoms with E-state index in [1.807, 2.05) is 53.7 Å². The molecule has 40 heavy (non-hydrogen) atoms. The lowest BCUT2D eigenvalue weighted by Crippen LogP contribution is -2.67. The molecule has 3 aliphatic carbocycles. The number of carbonyl (C=O) groups is 3. The van der Waals surface area contributed by atoms with Gasteiger partial charge < -0.3 is 20.4 Å². The van der Waals surface area contributed by atoms with Crippen LogP contribution in [0, 0.1) is 22.7 Å². The summed E-state index contributed by atoms with van der Waals surface area (Å²) < 4.78 is 0. The van der Waals surface area contributed by atoms with Crippen LogP contribution in [0.3, 0.4) is 0 Å². The Balaban J connectivity index is 2.06. The predicted molar refractivity (Wildman–Crippen MR) is 153 cm³/mol. The number of fused-ring (bicyclic) bond motifs is 3. The Morgan fingerprint density at radius 1 is 1.12 bits per heavy atom. The Hall–Kier alpha value is -3.19. The van der Waals surface area contributed by atoms with Crippen LogP contribution in [-0.4, -0.2) is 43.4 Å². The van der Waals surface area contributed by atoms with Gasteiger partial charge in [0.05, 0.1) is 5.56 Å². The Morgan fingerprint density at radius 3 is 2.27 bits per heavy atom. The highest BCUT2D eigenvalue weighted by atomic mass is 16.3. The van der Waals surface area contributed by atoms with Crippen LogP contribution in [0.1, 0.15) is 108 Å². The summed E-state index contributed by atoms with van der Waals surface area (Å²) >= 11 is 0. The summed E-state index contributed by atoms with van der Waals surface area (Å²) in [7, 11) is 0. The summed E-state index contributed by atoms with van der Waals surface area (Å²) in [6.45, 7) is 14.3. The van der Waals surface area contributed by atoms with E-state index in [0.29, 0.717) is 11.1 Å². The molecule has 4 N–H and O–H groups in total. The molecule has 0 saturated heterocycles. The number of aromatic hydroxyl groups is 1. The molecule has 0 aliphatic heterocycles. The fourth-order valence-electron chi connectivity index (χ4n) is 7.87. The number of carbonyl (C=O) groups excluding carboxylic acids is 3. The highest BCUT2D eigenvalue weighted by Crippen LogP contribution is 2.65. The summed E-state index contributed by atoms with van der Waals surface area (Å²) in [6.07, 6.45) is 5.81. The Kier molecular flexibility index (Phi) is 7.24. The standard InChI is InChI=1S/C33H42O7/c1-9-10-11-12-19-13-20(16(2)3)21-14-31(7)15-32(8)24(17(4)5)27(36)22(18(6)34)29(38)33(32,40)30(39)25(31)28(37)23(21)26(19)35/h11-13,16-17,24,35-36,39-40H,9-10,14-15H2,1-8H3/b12-11+/t24?,31-,32-,33+/m1/s1. The molecule has 0 heterocycles. The van der Waals surface area contributed by atoms with Crippen molar-refractivity contribution in [3.63, 3.8) is 0 Å². The van der Waals surface area contributed by atoms with Crippen molar-refractivity contribution in [2.24, 2.45) is 22.7 Å². The molecule has 0 radical (unpaired) electrons. The van der Waals surface area contributed by atoms with Crippen LogP contribution < -0.4 is 0 Å². The molecule has 1 aromatic rings. The molecule has 4 rings (SSSR count). The number of aliphatic hydroxyl groups excluding tert-OH is 2. The fraction of sp³-hybridized carbons (Fsp3) is 0.545. The number of hydrogen-bond donors (Lipinski definition) is 4. The van der Waals surface area contributed by atoms with Crippen molar-refractivity contribution in [2.75, 3.05) is 0 Å². The van der Waals surface area contributed by atoms with Gasteiger partial charge in [-0.1, -0.05) is 67.0 Å². The van der Waals surface area contributed by atoms with Gasteiger partial charge in [-0.3, -0.25) is 14.4 Å². The summed E-state index contributed by atoms with van der Waals surface area (Å²) in [5.41, 5.74) is -3.57. The molecule has 1 unspecified atom stereocenters. The average molecular weight is 551 g/mol. The summed E-state index contributed by atoms with van der Waals surface area (Å²) in [6, 6.07) is 1.91. The molecule has 0 fully saturated rings. The second-order valence-electron chi connectivity index (χ2n) is 13.1. The maximum Gasteiger partial charge on any atom is 0.209 e. The second-order valence-corrected chi connectivity index (χ2v) is 13.1. The van der Waals surface area contributed by atoms with Crippen molar-refractivity contribution in [3.05, 3.63) is 57.1 Å². The van der Waals surface area contributed by atoms with Gasteiger partial charge in [0.25, 0.3) is 0 Å². The lowest BCUT2D eigenvalue weighted by molar-refractivity contribution is -0.171. The lowest BCUT2D eigenvalue weighted by Gasteiger charge is -2.59. The minimum Gasteiger partial charge on any atom is -0.511 e. The first-order valence-electron chi connectivity index (χ1n) is 14.2. The SMILES string of the molecule is CCC/C=C/c1cc(C(C)C)c2c(c1O)C(=O)C1=C(O)[C@@]3(O)C(=O)C(C(C)=O)=C(O)C(C(C)C)[C@@]3(C)C[C@@]1(C)C2. The van der Waals surface area contributed by atoms with E-state index in [9.17, 15) is 34.8 Å². The monoisotopic (exact) mass is 550 g/mol. The molecule has 0 spiro atoms. The molecule has 3 aliphatic rings. The van der Waals surface area contributed by atoms with Crippen molar-refractivity contribution in [1.29, 1.82) is 0 Å². The van der Waals surface area contributed by atoms with E-state index < -0.39 is 51.0 Å². The average Bonchev–Trinajstić information content (AvgIpc) is 2.82. The number of Topliss-reactive ketones (excluding diaryl/α,β-unsaturated/α-hetero) is 3. The second kappa shape index (κ2) is 9.72. The third kappa shape index (κ3) is 3.84. The van der Waals surface area contributed by atoms with Crippen LogP contribution in [0.2, 0.25) is 0 Å². The van der Waals surface area contributed by atoms with E-state index in [-0.39, 0.29) is 47.3 Å². The van der Waals surface area contributed by atoms with Gasteiger partial charge in [0.2, 0.25) is 5.78 Å². The molecule has 0 saturated carbocycles. The molecule has 216 valence electrons. The number of aliphatic hydroxyl groups is 3. The largest absolute Gasteiger partial charge is 0.511 e. The van der Waals surface area contributed by atoms with Crippen molar-refractivity contribution in [3.8, 4) is 5.75 Å². The molecule has 0 amide bonds. The topological polar surface area (TPSA) is 132 Å². The van der Waals surface area contributed by atoms with Gasteiger partial charge in [-0.25, -0.2) is 0 Å². The minimum atomic E-state index is -2.60. The van der Waals surface area contributed by atoms with Gasteiger partial charge >= 0.3 is 0 Å². The van der Waals surface area contributed by atoms with Crippen LogP contribution in [0.4, 0.5) is 0 Å². The van der Waals surface area contributed by atoms with E-state index in [1.54, 1.807) is 13.0 Å². The van der Waals surface area contributed by atoms with E-state index in [1.165, 1.54) is 0 Å². The Bertz CT molecular complexity index is 1410. The third-order valence-corrected chi connectivity index (χ3v) is 9.45. The molecular weight excluding hydrogens is 508 g/mol. The molecule has 4 atom stereocenters. The molecule has 1 aromatic carbocycles. The zero-order valence-corrected chi connectivity index (χ0v) is 24.8. The van der Waals surface area contributed by atoms with Crippen molar-refractivity contribution in [2.45, 2.75) is 92.6 Å². The maximum atomic E-state index is 14.3. The lowest BCUT2D eigenvalue weighted by atomic mass is 9.44. The molecule has 7 heteroatoms. The zero-order chi connectivity index (χ0) is 30.1. The van der Waals surface area contributed by atoms with Crippen LogP contribution in [-0.2, 0) is 16.0 Å². The number of allylic oxidation sites excluding steroid dienone is 3. The number of unbranched alkanes of at least 4 members (excludes halogenated alkanes) is 1. The molecule has 0 bridgehead atoms. The van der Waals surface area contributed by atoms with Gasteiger partial charge in [0.1, 0.15) is 22.8 Å².